The van der Waals surface area contributed by atoms with Gasteiger partial charge in [-0.15, -0.1) is 0 Å². The molecule has 0 spiro atoms. The number of methoxy groups -OCH3 is 1. The van der Waals surface area contributed by atoms with Crippen molar-refractivity contribution in [3.8, 4) is 5.75 Å². The molecule has 0 saturated heterocycles. The van der Waals surface area contributed by atoms with E-state index in [2.05, 4.69) is 38.7 Å². The molecule has 6 rings (SSSR count). The average molecular weight is 725 g/mol. The van der Waals surface area contributed by atoms with E-state index in [1.54, 1.807) is 28.9 Å². The van der Waals surface area contributed by atoms with Gasteiger partial charge in [0.2, 0.25) is 10.0 Å². The van der Waals surface area contributed by atoms with Gasteiger partial charge in [-0.05, 0) is 79.1 Å². The molecule has 0 amide bonds. The van der Waals surface area contributed by atoms with Gasteiger partial charge in [0.25, 0.3) is 0 Å². The number of nitrogens with zero attached hydrogens (tertiary/aromatic N) is 3. The summed E-state index contributed by atoms with van der Waals surface area (Å²) in [4.78, 5) is 11.9. The molecule has 0 radical (unpaired) electrons. The third kappa shape index (κ3) is 8.53. The topological polar surface area (TPSA) is 104 Å². The van der Waals surface area contributed by atoms with Crippen molar-refractivity contribution in [2.24, 2.45) is 0 Å². The van der Waals surface area contributed by atoms with Crippen molar-refractivity contribution in [1.29, 1.82) is 0 Å². The number of nitrogens with one attached hydrogen (secondary N) is 1. The van der Waals surface area contributed by atoms with Gasteiger partial charge in [0.15, 0.2) is 0 Å². The Morgan fingerprint density at radius 1 is 0.882 bits per heavy atom. The smallest absolute Gasteiger partial charge is 0.337 e. The first-order chi connectivity index (χ1) is 24.6. The van der Waals surface area contributed by atoms with Crippen LogP contribution in [-0.4, -0.2) is 54.7 Å². The Morgan fingerprint density at radius 2 is 1.55 bits per heavy atom. The Bertz CT molecular complexity index is 2180. The number of halogens is 1. The van der Waals surface area contributed by atoms with Crippen molar-refractivity contribution >= 4 is 38.5 Å². The fraction of sp³-hybridized carbons (Fsp3) is 0.250. The lowest BCUT2D eigenvalue weighted by Crippen LogP contribution is -2.31. The molecule has 4 aromatic carbocycles. The highest BCUT2D eigenvalue weighted by molar-refractivity contribution is 7.89. The summed E-state index contributed by atoms with van der Waals surface area (Å²) in [5, 5.41) is 6.00. The van der Waals surface area contributed by atoms with Gasteiger partial charge in [0.05, 0.1) is 43.3 Å². The molecule has 0 aliphatic carbocycles. The van der Waals surface area contributed by atoms with Crippen molar-refractivity contribution in [2.45, 2.75) is 39.3 Å². The maximum atomic E-state index is 13.3. The van der Waals surface area contributed by atoms with Gasteiger partial charge in [-0.2, -0.15) is 5.10 Å². The van der Waals surface area contributed by atoms with E-state index in [1.807, 2.05) is 74.5 Å². The number of fused-ring (bicyclic) bond motifs is 1. The van der Waals surface area contributed by atoms with E-state index in [-0.39, 0.29) is 24.9 Å². The van der Waals surface area contributed by atoms with Crippen LogP contribution in [0.1, 0.15) is 50.2 Å². The van der Waals surface area contributed by atoms with Crippen LogP contribution in [0.3, 0.4) is 0 Å². The minimum Gasteiger partial charge on any atom is -0.493 e. The molecule has 1 N–H and O–H groups in total. The van der Waals surface area contributed by atoms with Crippen molar-refractivity contribution in [3.05, 3.63) is 154 Å². The molecule has 264 valence electrons. The third-order valence-electron chi connectivity index (χ3n) is 8.93. The van der Waals surface area contributed by atoms with Crippen LogP contribution in [0.15, 0.2) is 109 Å². The van der Waals surface area contributed by atoms with Crippen LogP contribution in [0.2, 0.25) is 5.02 Å². The maximum Gasteiger partial charge on any atom is 0.337 e. The number of rotatable bonds is 15. The Morgan fingerprint density at radius 3 is 2.16 bits per heavy atom. The van der Waals surface area contributed by atoms with Gasteiger partial charge in [-0.1, -0.05) is 72.3 Å². The lowest BCUT2D eigenvalue weighted by molar-refractivity contribution is 0.0600. The van der Waals surface area contributed by atoms with Crippen molar-refractivity contribution in [2.75, 3.05) is 26.0 Å². The van der Waals surface area contributed by atoms with E-state index in [4.69, 9.17) is 21.1 Å². The summed E-state index contributed by atoms with van der Waals surface area (Å²) >= 11 is 6.63. The quantitative estimate of drug-likeness (QED) is 0.111. The molecule has 2 aromatic heterocycles. The second-order valence-corrected chi connectivity index (χ2v) is 14.8. The second kappa shape index (κ2) is 16.0. The van der Waals surface area contributed by atoms with E-state index in [0.29, 0.717) is 35.8 Å². The zero-order valence-electron chi connectivity index (χ0n) is 28.9. The highest BCUT2D eigenvalue weighted by Gasteiger charge is 2.26. The molecular formula is C40H41ClN4O5S. The standard InChI is InChI=1S/C40H41ClN4O5S/c1-28-26-29(2)44(43-28)23-25-51(47,48)42-22-20-38-35(21-24-50-34-17-14-32(15-18-34)40(46)49-3)36-27-33(41)16-19-37(36)45(38)39(30-10-6-4-7-11-30)31-12-8-5-9-13-31/h4-19,26-27,39,42H,20-25H2,1-3H3. The van der Waals surface area contributed by atoms with Crippen molar-refractivity contribution in [1.82, 2.24) is 19.1 Å². The largest absolute Gasteiger partial charge is 0.493 e. The number of aryl methyl sites for hydroxylation is 3. The summed E-state index contributed by atoms with van der Waals surface area (Å²) in [6.45, 7) is 4.61. The van der Waals surface area contributed by atoms with E-state index in [9.17, 15) is 13.2 Å². The molecule has 2 heterocycles. The Kier molecular flexibility index (Phi) is 11.2. The van der Waals surface area contributed by atoms with Crippen LogP contribution in [0.25, 0.3) is 10.9 Å². The molecule has 0 aliphatic heterocycles. The predicted molar refractivity (Wildman–Crippen MR) is 201 cm³/mol. The zero-order valence-corrected chi connectivity index (χ0v) is 30.5. The number of benzene rings is 4. The van der Waals surface area contributed by atoms with Gasteiger partial charge in [-0.3, -0.25) is 4.68 Å². The molecule has 6 aromatic rings. The number of carbonyl (C=O) groups is 1. The molecule has 0 fully saturated rings. The highest BCUT2D eigenvalue weighted by Crippen LogP contribution is 2.37. The van der Waals surface area contributed by atoms with E-state index >= 15 is 0 Å². The van der Waals surface area contributed by atoms with Crippen LogP contribution < -0.4 is 9.46 Å². The van der Waals surface area contributed by atoms with Crippen LogP contribution in [-0.2, 0) is 34.1 Å². The molecular weight excluding hydrogens is 684 g/mol. The minimum absolute atomic E-state index is 0.0837. The fourth-order valence-corrected chi connectivity index (χ4v) is 7.74. The lowest BCUT2D eigenvalue weighted by atomic mass is 9.97. The lowest BCUT2D eigenvalue weighted by Gasteiger charge is -2.25. The van der Waals surface area contributed by atoms with Crippen LogP contribution in [0.5, 0.6) is 5.75 Å². The Hall–Kier alpha value is -4.90. The summed E-state index contributed by atoms with van der Waals surface area (Å²) in [6.07, 6.45) is 0.948. The van der Waals surface area contributed by atoms with Crippen LogP contribution >= 0.6 is 11.6 Å². The predicted octanol–water partition coefficient (Wildman–Crippen LogP) is 7.32. The maximum absolute atomic E-state index is 13.3. The SMILES string of the molecule is COC(=O)c1ccc(OCCc2c(CCNS(=O)(=O)CCn3nc(C)cc3C)n(C(c3ccccc3)c3ccccc3)c3ccc(Cl)cc23)cc1. The van der Waals surface area contributed by atoms with E-state index < -0.39 is 16.0 Å². The van der Waals surface area contributed by atoms with Gasteiger partial charge in [-0.25, -0.2) is 17.9 Å². The molecule has 11 heteroatoms. The van der Waals surface area contributed by atoms with E-state index in [1.165, 1.54) is 7.11 Å². The first-order valence-electron chi connectivity index (χ1n) is 16.8. The summed E-state index contributed by atoms with van der Waals surface area (Å²) in [7, 11) is -2.26. The molecule has 0 unspecified atom stereocenters. The summed E-state index contributed by atoms with van der Waals surface area (Å²) in [5.41, 5.74) is 7.39. The molecule has 51 heavy (non-hydrogen) atoms. The number of sulfonamides is 1. The number of esters is 1. The van der Waals surface area contributed by atoms with Crippen molar-refractivity contribution in [3.63, 3.8) is 0 Å². The molecule has 9 nitrogen and oxygen atoms in total. The number of hydrogen-bond donors (Lipinski definition) is 1. The summed E-state index contributed by atoms with van der Waals surface area (Å²) < 4.78 is 44.4. The van der Waals surface area contributed by atoms with Crippen LogP contribution in [0, 0.1) is 13.8 Å². The molecule has 0 bridgehead atoms. The first-order valence-corrected chi connectivity index (χ1v) is 18.9. The number of carbonyl (C=O) groups excluding carboxylic acids is 1. The minimum atomic E-state index is -3.61. The normalized spacial score (nSPS) is 11.7. The number of hydrogen-bond acceptors (Lipinski definition) is 6. The Labute approximate surface area is 303 Å². The Balaban J connectivity index is 1.36. The average Bonchev–Trinajstić information content (AvgIpc) is 3.62. The van der Waals surface area contributed by atoms with Gasteiger partial charge < -0.3 is 14.0 Å². The first kappa shape index (κ1) is 35.9. The number of aromatic nitrogens is 3. The number of ether oxygens (including phenoxy) is 2. The van der Waals surface area contributed by atoms with Gasteiger partial charge in [0.1, 0.15) is 5.75 Å². The molecule has 0 aliphatic rings. The van der Waals surface area contributed by atoms with Crippen molar-refractivity contribution < 1.29 is 22.7 Å². The zero-order chi connectivity index (χ0) is 36.0. The summed E-state index contributed by atoms with van der Waals surface area (Å²) in [5.74, 6) is 0.122. The monoisotopic (exact) mass is 724 g/mol. The highest BCUT2D eigenvalue weighted by atomic mass is 35.5. The third-order valence-corrected chi connectivity index (χ3v) is 10.5. The fourth-order valence-electron chi connectivity index (χ4n) is 6.59. The molecule has 0 saturated carbocycles. The second-order valence-electron chi connectivity index (χ2n) is 12.4. The van der Waals surface area contributed by atoms with Crippen LogP contribution in [0.4, 0.5) is 0 Å². The molecule has 0 atom stereocenters. The van der Waals surface area contributed by atoms with E-state index in [0.717, 1.165) is 44.7 Å². The van der Waals surface area contributed by atoms with Gasteiger partial charge >= 0.3 is 5.97 Å². The van der Waals surface area contributed by atoms with Gasteiger partial charge in [0, 0.05) is 46.7 Å². The summed E-state index contributed by atoms with van der Waals surface area (Å²) in [6, 6.07) is 35.1.